The molecule has 0 aliphatic rings. The fraction of sp³-hybridized carbons (Fsp3) is 0.154. The largest absolute Gasteiger partial charge is 0.398 e. The van der Waals surface area contributed by atoms with Crippen LogP contribution in [0.2, 0.25) is 0 Å². The van der Waals surface area contributed by atoms with Gasteiger partial charge in [-0.3, -0.25) is 4.79 Å². The van der Waals surface area contributed by atoms with Crippen LogP contribution in [0.15, 0.2) is 35.7 Å². The lowest BCUT2D eigenvalue weighted by Gasteiger charge is -2.06. The number of thiophene rings is 1. The summed E-state index contributed by atoms with van der Waals surface area (Å²) in [5.41, 5.74) is 7.98. The predicted molar refractivity (Wildman–Crippen MR) is 71.1 cm³/mol. The van der Waals surface area contributed by atoms with Crippen LogP contribution in [-0.4, -0.2) is 5.91 Å². The van der Waals surface area contributed by atoms with Crippen molar-refractivity contribution in [2.75, 3.05) is 5.73 Å². The monoisotopic (exact) mass is 246 g/mol. The summed E-state index contributed by atoms with van der Waals surface area (Å²) in [4.78, 5) is 13.1. The molecule has 0 saturated carbocycles. The van der Waals surface area contributed by atoms with Crippen LogP contribution in [0.3, 0.4) is 0 Å². The number of nitrogen functional groups attached to an aromatic ring is 1. The summed E-state index contributed by atoms with van der Waals surface area (Å²) < 4.78 is 0. The van der Waals surface area contributed by atoms with Gasteiger partial charge in [0.05, 0.1) is 12.1 Å². The lowest BCUT2D eigenvalue weighted by Crippen LogP contribution is -2.23. The van der Waals surface area contributed by atoms with Gasteiger partial charge in [0.25, 0.3) is 5.91 Å². The van der Waals surface area contributed by atoms with Gasteiger partial charge < -0.3 is 11.1 Å². The summed E-state index contributed by atoms with van der Waals surface area (Å²) >= 11 is 1.64. The number of aryl methyl sites for hydroxylation is 1. The highest BCUT2D eigenvalue weighted by Crippen LogP contribution is 2.16. The number of carbonyl (C=O) groups is 1. The number of hydrogen-bond donors (Lipinski definition) is 2. The van der Waals surface area contributed by atoms with Gasteiger partial charge in [0.15, 0.2) is 0 Å². The fourth-order valence-electron chi connectivity index (χ4n) is 1.54. The summed E-state index contributed by atoms with van der Waals surface area (Å²) in [6, 6.07) is 9.12. The predicted octanol–water partition coefficient (Wildman–Crippen LogP) is 2.57. The van der Waals surface area contributed by atoms with E-state index < -0.39 is 0 Å². The minimum atomic E-state index is -0.129. The fourth-order valence-corrected chi connectivity index (χ4v) is 2.39. The average molecular weight is 246 g/mol. The summed E-state index contributed by atoms with van der Waals surface area (Å²) in [5.74, 6) is -0.129. The van der Waals surface area contributed by atoms with Gasteiger partial charge in [-0.1, -0.05) is 12.1 Å². The summed E-state index contributed by atoms with van der Waals surface area (Å²) in [6.45, 7) is 2.59. The molecule has 3 N–H and O–H groups in total. The van der Waals surface area contributed by atoms with Crippen molar-refractivity contribution in [2.24, 2.45) is 0 Å². The Bertz CT molecular complexity index is 534. The lowest BCUT2D eigenvalue weighted by molar-refractivity contribution is 0.0952. The highest BCUT2D eigenvalue weighted by Gasteiger charge is 2.09. The first-order valence-corrected chi connectivity index (χ1v) is 6.22. The summed E-state index contributed by atoms with van der Waals surface area (Å²) in [5, 5.41) is 4.90. The van der Waals surface area contributed by atoms with E-state index in [9.17, 15) is 4.79 Å². The number of benzene rings is 1. The molecule has 88 valence electrons. The van der Waals surface area contributed by atoms with Crippen molar-refractivity contribution in [3.8, 4) is 0 Å². The minimum Gasteiger partial charge on any atom is -0.398 e. The summed E-state index contributed by atoms with van der Waals surface area (Å²) in [6.07, 6.45) is 0. The van der Waals surface area contributed by atoms with Crippen LogP contribution in [0.25, 0.3) is 0 Å². The Balaban J connectivity index is 2.04. The zero-order valence-corrected chi connectivity index (χ0v) is 10.4. The molecule has 0 aliphatic carbocycles. The molecule has 0 unspecified atom stereocenters. The number of hydrogen-bond acceptors (Lipinski definition) is 3. The van der Waals surface area contributed by atoms with Crippen LogP contribution in [0, 0.1) is 6.92 Å². The molecular weight excluding hydrogens is 232 g/mol. The molecule has 0 fully saturated rings. The Hall–Kier alpha value is -1.81. The van der Waals surface area contributed by atoms with Crippen LogP contribution >= 0.6 is 11.3 Å². The van der Waals surface area contributed by atoms with E-state index in [0.29, 0.717) is 17.8 Å². The SMILES string of the molecule is Cc1ccsc1CNC(=O)c1ccccc1N. The second-order valence-corrected chi connectivity index (χ2v) is 4.80. The maximum absolute atomic E-state index is 11.9. The van der Waals surface area contributed by atoms with Crippen molar-refractivity contribution >= 4 is 22.9 Å². The number of carbonyl (C=O) groups excluding carboxylic acids is 1. The van der Waals surface area contributed by atoms with E-state index in [-0.39, 0.29) is 5.91 Å². The zero-order valence-electron chi connectivity index (χ0n) is 9.57. The van der Waals surface area contributed by atoms with Gasteiger partial charge in [-0.25, -0.2) is 0 Å². The van der Waals surface area contributed by atoms with E-state index in [1.807, 2.05) is 30.5 Å². The Morgan fingerprint density at radius 3 is 2.76 bits per heavy atom. The van der Waals surface area contributed by atoms with Crippen LogP contribution < -0.4 is 11.1 Å². The van der Waals surface area contributed by atoms with Gasteiger partial charge in [-0.2, -0.15) is 0 Å². The number of nitrogens with two attached hydrogens (primary N) is 1. The lowest BCUT2D eigenvalue weighted by atomic mass is 10.1. The molecule has 17 heavy (non-hydrogen) atoms. The van der Waals surface area contributed by atoms with Gasteiger partial charge in [0, 0.05) is 10.6 Å². The van der Waals surface area contributed by atoms with Crippen LogP contribution in [-0.2, 0) is 6.54 Å². The standard InChI is InChI=1S/C13H14N2OS/c1-9-6-7-17-12(9)8-15-13(16)10-4-2-3-5-11(10)14/h2-7H,8,14H2,1H3,(H,15,16). The van der Waals surface area contributed by atoms with E-state index >= 15 is 0 Å². The zero-order chi connectivity index (χ0) is 12.3. The molecule has 1 aromatic carbocycles. The van der Waals surface area contributed by atoms with E-state index in [0.717, 1.165) is 0 Å². The molecule has 2 aromatic rings. The van der Waals surface area contributed by atoms with Gasteiger partial charge in [0.2, 0.25) is 0 Å². The maximum Gasteiger partial charge on any atom is 0.253 e. The molecule has 1 aromatic heterocycles. The Kier molecular flexibility index (Phi) is 3.44. The molecule has 0 bridgehead atoms. The van der Waals surface area contributed by atoms with E-state index in [2.05, 4.69) is 5.32 Å². The van der Waals surface area contributed by atoms with Gasteiger partial charge >= 0.3 is 0 Å². The number of para-hydroxylation sites is 1. The number of nitrogens with one attached hydrogen (secondary N) is 1. The van der Waals surface area contributed by atoms with E-state index in [4.69, 9.17) is 5.73 Å². The molecule has 4 heteroatoms. The first-order valence-electron chi connectivity index (χ1n) is 5.34. The van der Waals surface area contributed by atoms with E-state index in [1.165, 1.54) is 10.4 Å². The minimum absolute atomic E-state index is 0.129. The Morgan fingerprint density at radius 2 is 2.12 bits per heavy atom. The van der Waals surface area contributed by atoms with Crippen molar-refractivity contribution in [2.45, 2.75) is 13.5 Å². The van der Waals surface area contributed by atoms with Crippen molar-refractivity contribution < 1.29 is 4.79 Å². The van der Waals surface area contributed by atoms with Crippen LogP contribution in [0.4, 0.5) is 5.69 Å². The normalized spacial score (nSPS) is 10.2. The average Bonchev–Trinajstić information content (AvgIpc) is 2.72. The molecule has 0 spiro atoms. The van der Waals surface area contributed by atoms with Crippen LogP contribution in [0.5, 0.6) is 0 Å². The second kappa shape index (κ2) is 5.01. The molecule has 1 heterocycles. The molecule has 0 radical (unpaired) electrons. The first-order chi connectivity index (χ1) is 8.18. The summed E-state index contributed by atoms with van der Waals surface area (Å²) in [7, 11) is 0. The van der Waals surface area contributed by atoms with Crippen LogP contribution in [0.1, 0.15) is 20.8 Å². The quantitative estimate of drug-likeness (QED) is 0.818. The van der Waals surface area contributed by atoms with Crippen molar-refractivity contribution in [1.29, 1.82) is 0 Å². The van der Waals surface area contributed by atoms with Crippen molar-refractivity contribution in [3.63, 3.8) is 0 Å². The third-order valence-corrected chi connectivity index (χ3v) is 3.61. The highest BCUT2D eigenvalue weighted by atomic mass is 32.1. The van der Waals surface area contributed by atoms with Gasteiger partial charge in [-0.05, 0) is 36.1 Å². The first kappa shape index (κ1) is 11.7. The number of amides is 1. The third-order valence-electron chi connectivity index (χ3n) is 2.58. The molecule has 0 aliphatic heterocycles. The van der Waals surface area contributed by atoms with E-state index in [1.54, 1.807) is 23.5 Å². The molecule has 3 nitrogen and oxygen atoms in total. The molecule has 1 amide bonds. The molecule has 0 atom stereocenters. The number of anilines is 1. The third kappa shape index (κ3) is 2.65. The maximum atomic E-state index is 11.9. The highest BCUT2D eigenvalue weighted by molar-refractivity contribution is 7.10. The Labute approximate surface area is 104 Å². The van der Waals surface area contributed by atoms with Crippen molar-refractivity contribution in [3.05, 3.63) is 51.7 Å². The Morgan fingerprint density at radius 1 is 1.35 bits per heavy atom. The molecule has 0 saturated heterocycles. The molecule has 2 rings (SSSR count). The number of rotatable bonds is 3. The van der Waals surface area contributed by atoms with Gasteiger partial charge in [0.1, 0.15) is 0 Å². The van der Waals surface area contributed by atoms with Crippen molar-refractivity contribution in [1.82, 2.24) is 5.32 Å². The second-order valence-electron chi connectivity index (χ2n) is 3.80. The smallest absolute Gasteiger partial charge is 0.253 e. The molecular formula is C13H14N2OS. The topological polar surface area (TPSA) is 55.1 Å². The van der Waals surface area contributed by atoms with Gasteiger partial charge in [-0.15, -0.1) is 11.3 Å².